The number of amides is 1. The minimum Gasteiger partial charge on any atom is -0.484 e. The van der Waals surface area contributed by atoms with Crippen LogP contribution in [0.4, 0.5) is 0 Å². The van der Waals surface area contributed by atoms with Gasteiger partial charge in [-0.25, -0.2) is 0 Å². The molecule has 2 saturated heterocycles. The molecule has 2 aliphatic heterocycles. The molecule has 138 valence electrons. The summed E-state index contributed by atoms with van der Waals surface area (Å²) >= 11 is 0. The van der Waals surface area contributed by atoms with Gasteiger partial charge in [0.1, 0.15) is 5.75 Å². The number of para-hydroxylation sites is 1. The van der Waals surface area contributed by atoms with Crippen molar-refractivity contribution < 1.29 is 19.0 Å². The van der Waals surface area contributed by atoms with Gasteiger partial charge in [-0.3, -0.25) is 9.69 Å². The molecule has 1 amide bonds. The maximum atomic E-state index is 12.5. The lowest BCUT2D eigenvalue weighted by Crippen LogP contribution is -2.50. The third kappa shape index (κ3) is 5.17. The topological polar surface area (TPSA) is 51.2 Å². The van der Waals surface area contributed by atoms with Crippen molar-refractivity contribution in [2.24, 2.45) is 5.92 Å². The summed E-state index contributed by atoms with van der Waals surface area (Å²) in [5.41, 5.74) is 0. The number of methoxy groups -OCH3 is 1. The van der Waals surface area contributed by atoms with Crippen LogP contribution in [-0.2, 0) is 14.3 Å². The number of benzene rings is 1. The first-order valence-corrected chi connectivity index (χ1v) is 9.05. The van der Waals surface area contributed by atoms with Gasteiger partial charge in [0.2, 0.25) is 0 Å². The molecule has 2 aliphatic rings. The van der Waals surface area contributed by atoms with E-state index in [1.807, 2.05) is 35.2 Å². The minimum atomic E-state index is 0.0337. The number of carbonyl (C=O) groups is 1. The Morgan fingerprint density at radius 2 is 2.08 bits per heavy atom. The van der Waals surface area contributed by atoms with E-state index >= 15 is 0 Å². The molecule has 0 N–H and O–H groups in total. The van der Waals surface area contributed by atoms with E-state index in [1.54, 1.807) is 7.11 Å². The van der Waals surface area contributed by atoms with Gasteiger partial charge in [-0.2, -0.15) is 0 Å². The van der Waals surface area contributed by atoms with E-state index in [9.17, 15) is 4.79 Å². The molecular formula is C19H28N2O4. The predicted molar refractivity (Wildman–Crippen MR) is 94.7 cm³/mol. The first kappa shape index (κ1) is 18.2. The number of piperidine rings is 1. The monoisotopic (exact) mass is 348 g/mol. The molecule has 3 rings (SSSR count). The van der Waals surface area contributed by atoms with Gasteiger partial charge in [-0.15, -0.1) is 0 Å². The molecule has 6 heteroatoms. The largest absolute Gasteiger partial charge is 0.484 e. The normalized spacial score (nSPS) is 24.4. The standard InChI is InChI=1S/C19H28N2O4/c1-23-11-9-20-10-12-24-18-14-21(8-7-16(18)13-20)19(22)15-25-17-5-3-2-4-6-17/h2-6,16,18H,7-15H2,1H3/t16-,18+/m1/s1. The summed E-state index contributed by atoms with van der Waals surface area (Å²) in [5, 5.41) is 0. The molecule has 0 saturated carbocycles. The molecule has 25 heavy (non-hydrogen) atoms. The van der Waals surface area contributed by atoms with Gasteiger partial charge in [0.05, 0.1) is 19.3 Å². The Bertz CT molecular complexity index is 539. The van der Waals surface area contributed by atoms with Crippen molar-refractivity contribution in [3.05, 3.63) is 30.3 Å². The summed E-state index contributed by atoms with van der Waals surface area (Å²) in [5.74, 6) is 1.25. The van der Waals surface area contributed by atoms with Crippen LogP contribution in [0, 0.1) is 5.92 Å². The van der Waals surface area contributed by atoms with Crippen molar-refractivity contribution >= 4 is 5.91 Å². The van der Waals surface area contributed by atoms with E-state index < -0.39 is 0 Å². The first-order valence-electron chi connectivity index (χ1n) is 9.05. The van der Waals surface area contributed by atoms with Crippen molar-refractivity contribution in [1.29, 1.82) is 0 Å². The van der Waals surface area contributed by atoms with Gasteiger partial charge >= 0.3 is 0 Å². The van der Waals surface area contributed by atoms with E-state index in [4.69, 9.17) is 14.2 Å². The predicted octanol–water partition coefficient (Wildman–Crippen LogP) is 1.26. The molecule has 1 aromatic rings. The highest BCUT2D eigenvalue weighted by Crippen LogP contribution is 2.24. The fourth-order valence-electron chi connectivity index (χ4n) is 3.52. The Morgan fingerprint density at radius 3 is 2.88 bits per heavy atom. The average molecular weight is 348 g/mol. The van der Waals surface area contributed by atoms with Crippen LogP contribution in [0.25, 0.3) is 0 Å². The van der Waals surface area contributed by atoms with Crippen molar-refractivity contribution in [2.45, 2.75) is 12.5 Å². The summed E-state index contributed by atoms with van der Waals surface area (Å²) < 4.78 is 16.8. The maximum Gasteiger partial charge on any atom is 0.260 e. The molecule has 2 fully saturated rings. The van der Waals surface area contributed by atoms with Crippen molar-refractivity contribution in [2.75, 3.05) is 59.7 Å². The van der Waals surface area contributed by atoms with E-state index in [-0.39, 0.29) is 18.6 Å². The third-order valence-corrected chi connectivity index (χ3v) is 5.00. The lowest BCUT2D eigenvalue weighted by Gasteiger charge is -2.38. The molecule has 0 aliphatic carbocycles. The second-order valence-electron chi connectivity index (χ2n) is 6.69. The number of hydrogen-bond donors (Lipinski definition) is 0. The SMILES string of the molecule is COCCN1CCO[C@H]2CN(C(=O)COc3ccccc3)CC[C@@H]2C1. The molecule has 0 bridgehead atoms. The Hall–Kier alpha value is -1.63. The Labute approximate surface area is 149 Å². The van der Waals surface area contributed by atoms with Crippen LogP contribution in [0.3, 0.4) is 0 Å². The number of fused-ring (bicyclic) bond motifs is 1. The molecule has 0 unspecified atom stereocenters. The van der Waals surface area contributed by atoms with Crippen LogP contribution in [0.1, 0.15) is 6.42 Å². The zero-order valence-electron chi connectivity index (χ0n) is 14.9. The number of rotatable bonds is 6. The summed E-state index contributed by atoms with van der Waals surface area (Å²) in [6, 6.07) is 9.46. The highest BCUT2D eigenvalue weighted by molar-refractivity contribution is 5.77. The molecule has 2 atom stereocenters. The van der Waals surface area contributed by atoms with Crippen LogP contribution in [0.2, 0.25) is 0 Å². The fourth-order valence-corrected chi connectivity index (χ4v) is 3.52. The van der Waals surface area contributed by atoms with Crippen molar-refractivity contribution in [1.82, 2.24) is 9.80 Å². The number of hydrogen-bond acceptors (Lipinski definition) is 5. The number of likely N-dealkylation sites (tertiary alicyclic amines) is 1. The van der Waals surface area contributed by atoms with Crippen molar-refractivity contribution in [3.8, 4) is 5.75 Å². The summed E-state index contributed by atoms with van der Waals surface area (Å²) in [6.07, 6.45) is 1.10. The van der Waals surface area contributed by atoms with Gasteiger partial charge in [0.15, 0.2) is 6.61 Å². The Balaban J connectivity index is 1.48. The fraction of sp³-hybridized carbons (Fsp3) is 0.632. The van der Waals surface area contributed by atoms with Gasteiger partial charge in [-0.1, -0.05) is 18.2 Å². The quantitative estimate of drug-likeness (QED) is 0.775. The minimum absolute atomic E-state index is 0.0337. The Morgan fingerprint density at radius 1 is 1.24 bits per heavy atom. The van der Waals surface area contributed by atoms with Gasteiger partial charge < -0.3 is 19.1 Å². The Kier molecular flexibility index (Phi) is 6.67. The lowest BCUT2D eigenvalue weighted by molar-refractivity contribution is -0.139. The number of ether oxygens (including phenoxy) is 3. The molecular weight excluding hydrogens is 320 g/mol. The lowest BCUT2D eigenvalue weighted by atomic mass is 9.93. The molecule has 1 aromatic carbocycles. The smallest absolute Gasteiger partial charge is 0.260 e. The summed E-state index contributed by atoms with van der Waals surface area (Å²) in [7, 11) is 1.73. The second kappa shape index (κ2) is 9.17. The first-order chi connectivity index (χ1) is 12.3. The van der Waals surface area contributed by atoms with Gasteiger partial charge in [0, 0.05) is 45.8 Å². The zero-order chi connectivity index (χ0) is 17.5. The molecule has 0 aromatic heterocycles. The third-order valence-electron chi connectivity index (χ3n) is 5.00. The summed E-state index contributed by atoms with van der Waals surface area (Å²) in [6.45, 7) is 5.89. The van der Waals surface area contributed by atoms with Crippen molar-refractivity contribution in [3.63, 3.8) is 0 Å². The highest BCUT2D eigenvalue weighted by Gasteiger charge is 2.34. The van der Waals surface area contributed by atoms with Crippen LogP contribution >= 0.6 is 0 Å². The molecule has 2 heterocycles. The van der Waals surface area contributed by atoms with E-state index in [0.717, 1.165) is 45.0 Å². The van der Waals surface area contributed by atoms with Crippen LogP contribution in [0.15, 0.2) is 30.3 Å². The summed E-state index contributed by atoms with van der Waals surface area (Å²) in [4.78, 5) is 16.7. The van der Waals surface area contributed by atoms with E-state index in [1.165, 1.54) is 0 Å². The van der Waals surface area contributed by atoms with Gasteiger partial charge in [-0.05, 0) is 18.6 Å². The highest BCUT2D eigenvalue weighted by atomic mass is 16.5. The van der Waals surface area contributed by atoms with Crippen LogP contribution < -0.4 is 4.74 Å². The number of carbonyl (C=O) groups excluding carboxylic acids is 1. The van der Waals surface area contributed by atoms with Gasteiger partial charge in [0.25, 0.3) is 5.91 Å². The van der Waals surface area contributed by atoms with Crippen LogP contribution in [-0.4, -0.2) is 81.5 Å². The van der Waals surface area contributed by atoms with E-state index in [2.05, 4.69) is 4.90 Å². The average Bonchev–Trinajstić information content (AvgIpc) is 2.86. The second-order valence-corrected chi connectivity index (χ2v) is 6.69. The zero-order valence-corrected chi connectivity index (χ0v) is 14.9. The van der Waals surface area contributed by atoms with E-state index in [0.29, 0.717) is 19.1 Å². The molecule has 0 radical (unpaired) electrons. The number of nitrogens with zero attached hydrogens (tertiary/aromatic N) is 2. The van der Waals surface area contributed by atoms with Crippen LogP contribution in [0.5, 0.6) is 5.75 Å². The maximum absolute atomic E-state index is 12.5. The molecule has 6 nitrogen and oxygen atoms in total. The molecule has 0 spiro atoms.